The smallest absolute Gasteiger partial charge is 0.416 e. The summed E-state index contributed by atoms with van der Waals surface area (Å²) in [6, 6.07) is 7.70. The van der Waals surface area contributed by atoms with E-state index in [0.29, 0.717) is 47.1 Å². The zero-order chi connectivity index (χ0) is 35.9. The lowest BCUT2D eigenvalue weighted by molar-refractivity contribution is -0.137. The third-order valence-corrected chi connectivity index (χ3v) is 9.47. The van der Waals surface area contributed by atoms with E-state index in [1.807, 2.05) is 6.92 Å². The fourth-order valence-corrected chi connectivity index (χ4v) is 6.70. The molecule has 0 amide bonds. The summed E-state index contributed by atoms with van der Waals surface area (Å²) in [4.78, 5) is 3.29. The van der Waals surface area contributed by atoms with E-state index < -0.39 is 56.3 Å². The highest BCUT2D eigenvalue weighted by molar-refractivity contribution is 7.93. The number of rotatable bonds is 14. The lowest BCUT2D eigenvalue weighted by Crippen LogP contribution is -2.31. The summed E-state index contributed by atoms with van der Waals surface area (Å²) in [5.74, 6) is -3.59. The highest BCUT2D eigenvalue weighted by Crippen LogP contribution is 2.39. The van der Waals surface area contributed by atoms with Crippen LogP contribution < -0.4 is 23.3 Å². The Morgan fingerprint density at radius 2 is 1.65 bits per heavy atom. The number of benzene rings is 3. The zero-order valence-corrected chi connectivity index (χ0v) is 28.2. The molecule has 0 aliphatic carbocycles. The number of alkyl halides is 3. The first-order valence-corrected chi connectivity index (χ1v) is 16.4. The number of hydrogen-bond acceptors (Lipinski definition) is 9. The van der Waals surface area contributed by atoms with Gasteiger partial charge in [0.15, 0.2) is 11.6 Å². The van der Waals surface area contributed by atoms with Gasteiger partial charge < -0.3 is 18.9 Å². The summed E-state index contributed by atoms with van der Waals surface area (Å²) in [7, 11) is -1.02. The number of ether oxygens (including phenoxy) is 4. The Morgan fingerprint density at radius 1 is 0.939 bits per heavy atom. The fourth-order valence-electron chi connectivity index (χ4n) is 4.36. The SMILES string of the molecule is C=C/C(=C\C=C/C)Cc1nsc(N(Cc2ccc(OC)cc2OC)S(=O)(=O)c2cc(F)c(Oc3cc(OC)cc(C(F)(F)F)c3)cc2F)n1. The molecule has 16 heteroatoms. The van der Waals surface area contributed by atoms with Crippen molar-refractivity contribution in [2.24, 2.45) is 0 Å². The average molecular weight is 724 g/mol. The van der Waals surface area contributed by atoms with Crippen molar-refractivity contribution in [3.05, 3.63) is 114 Å². The monoisotopic (exact) mass is 723 g/mol. The molecule has 9 nitrogen and oxygen atoms in total. The first kappa shape index (κ1) is 36.9. The van der Waals surface area contributed by atoms with Crippen molar-refractivity contribution in [2.75, 3.05) is 25.6 Å². The topological polar surface area (TPSA) is 100 Å². The molecule has 0 spiro atoms. The molecule has 49 heavy (non-hydrogen) atoms. The van der Waals surface area contributed by atoms with Crippen LogP contribution in [0, 0.1) is 11.6 Å². The lowest BCUT2D eigenvalue weighted by Gasteiger charge is -2.23. The summed E-state index contributed by atoms with van der Waals surface area (Å²) in [5.41, 5.74) is -0.112. The molecule has 0 atom stereocenters. The van der Waals surface area contributed by atoms with E-state index in [0.717, 1.165) is 23.1 Å². The predicted octanol–water partition coefficient (Wildman–Crippen LogP) is 8.28. The van der Waals surface area contributed by atoms with Gasteiger partial charge in [0, 0.05) is 47.8 Å². The van der Waals surface area contributed by atoms with Gasteiger partial charge in [-0.25, -0.2) is 26.5 Å². The first-order chi connectivity index (χ1) is 23.2. The number of allylic oxidation sites excluding steroid dienone is 5. The van der Waals surface area contributed by atoms with Crippen LogP contribution in [0.5, 0.6) is 28.7 Å². The van der Waals surface area contributed by atoms with Crippen LogP contribution in [0.3, 0.4) is 0 Å². The van der Waals surface area contributed by atoms with Crippen molar-refractivity contribution >= 4 is 26.7 Å². The molecule has 0 aliphatic rings. The molecular formula is C33H30F5N3O6S2. The molecule has 0 unspecified atom stereocenters. The molecule has 260 valence electrons. The molecule has 0 saturated carbocycles. The van der Waals surface area contributed by atoms with Gasteiger partial charge in [-0.15, -0.1) is 0 Å². The number of sulfonamides is 1. The Balaban J connectivity index is 1.78. The van der Waals surface area contributed by atoms with Crippen molar-refractivity contribution in [3.8, 4) is 28.7 Å². The van der Waals surface area contributed by atoms with E-state index in [9.17, 15) is 21.6 Å². The van der Waals surface area contributed by atoms with Gasteiger partial charge in [-0.05, 0) is 36.8 Å². The number of aromatic nitrogens is 2. The second-order valence-corrected chi connectivity index (χ2v) is 12.6. The highest BCUT2D eigenvalue weighted by Gasteiger charge is 2.34. The van der Waals surface area contributed by atoms with E-state index in [4.69, 9.17) is 18.9 Å². The highest BCUT2D eigenvalue weighted by atomic mass is 32.2. The van der Waals surface area contributed by atoms with Crippen molar-refractivity contribution in [1.82, 2.24) is 9.36 Å². The molecule has 0 saturated heterocycles. The second kappa shape index (κ2) is 15.5. The van der Waals surface area contributed by atoms with Gasteiger partial charge in [0.2, 0.25) is 5.13 Å². The normalized spacial score (nSPS) is 12.2. The molecule has 0 radical (unpaired) electrons. The molecule has 0 aliphatic heterocycles. The number of anilines is 1. The van der Waals surface area contributed by atoms with Crippen molar-refractivity contribution in [1.29, 1.82) is 0 Å². The van der Waals surface area contributed by atoms with Gasteiger partial charge in [0.25, 0.3) is 10.0 Å². The van der Waals surface area contributed by atoms with Gasteiger partial charge in [0.05, 0.1) is 33.4 Å². The Kier molecular flexibility index (Phi) is 11.7. The maximum absolute atomic E-state index is 15.7. The van der Waals surface area contributed by atoms with Crippen LogP contribution in [0.15, 0.2) is 89.9 Å². The van der Waals surface area contributed by atoms with Crippen molar-refractivity contribution < 1.29 is 49.3 Å². The minimum Gasteiger partial charge on any atom is -0.497 e. The average Bonchev–Trinajstić information content (AvgIpc) is 3.53. The Morgan fingerprint density at radius 3 is 2.29 bits per heavy atom. The predicted molar refractivity (Wildman–Crippen MR) is 174 cm³/mol. The van der Waals surface area contributed by atoms with Gasteiger partial charge >= 0.3 is 6.18 Å². The van der Waals surface area contributed by atoms with Crippen molar-refractivity contribution in [2.45, 2.75) is 31.0 Å². The van der Waals surface area contributed by atoms with E-state index in [1.54, 1.807) is 30.4 Å². The molecule has 3 aromatic carbocycles. The minimum absolute atomic E-state index is 0.168. The zero-order valence-electron chi connectivity index (χ0n) is 26.5. The summed E-state index contributed by atoms with van der Waals surface area (Å²) in [6.07, 6.45) is 2.35. The Bertz CT molecular complexity index is 1990. The molecule has 1 aromatic heterocycles. The number of nitrogens with zero attached hydrogens (tertiary/aromatic N) is 3. The van der Waals surface area contributed by atoms with E-state index >= 15 is 8.78 Å². The molecule has 4 rings (SSSR count). The number of hydrogen-bond donors (Lipinski definition) is 0. The van der Waals surface area contributed by atoms with Crippen molar-refractivity contribution in [3.63, 3.8) is 0 Å². The summed E-state index contributed by atoms with van der Waals surface area (Å²) in [6.45, 7) is 5.15. The Labute approximate surface area is 283 Å². The maximum Gasteiger partial charge on any atom is 0.416 e. The Hall–Kier alpha value is -4.96. The van der Waals surface area contributed by atoms with Crippen LogP contribution in [0.1, 0.15) is 23.9 Å². The largest absolute Gasteiger partial charge is 0.497 e. The van der Waals surface area contributed by atoms with Gasteiger partial charge in [-0.3, -0.25) is 0 Å². The molecule has 4 aromatic rings. The van der Waals surface area contributed by atoms with Gasteiger partial charge in [-0.2, -0.15) is 17.5 Å². The first-order valence-electron chi connectivity index (χ1n) is 14.2. The summed E-state index contributed by atoms with van der Waals surface area (Å²) >= 11 is 0.714. The third-order valence-electron chi connectivity index (χ3n) is 6.83. The molecule has 0 fully saturated rings. The van der Waals surface area contributed by atoms with Crippen LogP contribution in [0.4, 0.5) is 27.1 Å². The molecular weight excluding hydrogens is 694 g/mol. The third kappa shape index (κ3) is 8.75. The van der Waals surface area contributed by atoms with Gasteiger partial charge in [-0.1, -0.05) is 30.9 Å². The molecule has 0 N–H and O–H groups in total. The summed E-state index contributed by atoms with van der Waals surface area (Å²) < 4.78 is 125. The van der Waals surface area contributed by atoms with Crippen LogP contribution >= 0.6 is 11.5 Å². The lowest BCUT2D eigenvalue weighted by atomic mass is 10.1. The van der Waals surface area contributed by atoms with Gasteiger partial charge in [0.1, 0.15) is 39.5 Å². The van der Waals surface area contributed by atoms with E-state index in [2.05, 4.69) is 15.9 Å². The van der Waals surface area contributed by atoms with Crippen LogP contribution in [-0.4, -0.2) is 39.1 Å². The van der Waals surface area contributed by atoms with Crippen LogP contribution in [0.2, 0.25) is 0 Å². The molecule has 1 heterocycles. The molecule has 0 bridgehead atoms. The van der Waals surface area contributed by atoms with E-state index in [1.165, 1.54) is 26.4 Å². The second-order valence-electron chi connectivity index (χ2n) is 10.0. The quantitative estimate of drug-likeness (QED) is 0.0947. The van der Waals surface area contributed by atoms with Crippen LogP contribution in [-0.2, 0) is 29.2 Å². The standard InChI is InChI=1S/C33H30F5N3O6S2/c1-6-8-9-20(7-2)12-31-39-32(48-40-31)41(19-21-10-11-23(44-3)16-28(21)46-5)49(42,43)30-18-26(34)29(17-27(30)35)47-25-14-22(33(36,37)38)13-24(15-25)45-4/h6-11,13-18H,2,12,19H2,1,3-5H3/b8-6-,20-9+. The minimum atomic E-state index is -4.94. The van der Waals surface area contributed by atoms with E-state index in [-0.39, 0.29) is 28.9 Å². The summed E-state index contributed by atoms with van der Waals surface area (Å²) in [5, 5.41) is -0.168. The number of methoxy groups -OCH3 is 3. The van der Waals surface area contributed by atoms with Crippen LogP contribution in [0.25, 0.3) is 0 Å². The number of halogens is 5. The maximum atomic E-state index is 15.7. The fraction of sp³-hybridized carbons (Fsp3) is 0.212.